The number of carbonyl (C=O) groups is 3. The van der Waals surface area contributed by atoms with E-state index < -0.39 is 18.2 Å². The van der Waals surface area contributed by atoms with Gasteiger partial charge < -0.3 is 19.5 Å². The van der Waals surface area contributed by atoms with Gasteiger partial charge in [-0.25, -0.2) is 14.4 Å². The minimum atomic E-state index is -0.736. The van der Waals surface area contributed by atoms with Crippen molar-refractivity contribution in [2.24, 2.45) is 0 Å². The topological polar surface area (TPSA) is 103 Å². The Hall–Kier alpha value is -5.28. The zero-order chi connectivity index (χ0) is 30.2. The van der Waals surface area contributed by atoms with Crippen molar-refractivity contribution in [1.82, 2.24) is 5.32 Å². The standard InChI is InChI=1S/C34H28N2O6S/c1-3-30(37)40-21-20-35-33(38)41-28-18-12-22-8-4-6-10-26(22)31(28)32-27-11-7-5-9-23(27)13-19-29(32)42-34(39)36-24-14-16-25(43-2)17-15-24/h3-19H,1,20-21H2,2H3,(H,35,38)(H,36,39). The molecule has 0 fully saturated rings. The maximum atomic E-state index is 13.1. The highest BCUT2D eigenvalue weighted by Crippen LogP contribution is 2.45. The summed E-state index contributed by atoms with van der Waals surface area (Å²) in [6.07, 6.45) is 1.63. The Kier molecular flexibility index (Phi) is 9.23. The number of fused-ring (bicyclic) bond motifs is 2. The normalized spacial score (nSPS) is 10.6. The van der Waals surface area contributed by atoms with Crippen LogP contribution < -0.4 is 20.1 Å². The van der Waals surface area contributed by atoms with Crippen LogP contribution in [0.2, 0.25) is 0 Å². The highest BCUT2D eigenvalue weighted by molar-refractivity contribution is 7.98. The third kappa shape index (κ3) is 6.97. The summed E-state index contributed by atoms with van der Waals surface area (Å²) < 4.78 is 16.6. The number of thioether (sulfide) groups is 1. The molecule has 0 saturated heterocycles. The predicted molar refractivity (Wildman–Crippen MR) is 170 cm³/mol. The number of anilines is 1. The molecule has 0 spiro atoms. The molecule has 0 atom stereocenters. The van der Waals surface area contributed by atoms with Gasteiger partial charge in [0, 0.05) is 27.8 Å². The van der Waals surface area contributed by atoms with Crippen LogP contribution in [0.4, 0.5) is 15.3 Å². The summed E-state index contributed by atoms with van der Waals surface area (Å²) in [6, 6.07) is 30.0. The monoisotopic (exact) mass is 592 g/mol. The number of rotatable bonds is 9. The fourth-order valence-corrected chi connectivity index (χ4v) is 5.01. The van der Waals surface area contributed by atoms with E-state index in [0.717, 1.165) is 32.5 Å². The van der Waals surface area contributed by atoms with E-state index in [1.54, 1.807) is 23.9 Å². The second-order valence-electron chi connectivity index (χ2n) is 9.25. The molecule has 9 heteroatoms. The third-order valence-corrected chi connectivity index (χ3v) is 7.30. The van der Waals surface area contributed by atoms with Crippen molar-refractivity contribution in [3.63, 3.8) is 0 Å². The van der Waals surface area contributed by atoms with Crippen molar-refractivity contribution in [3.8, 4) is 22.6 Å². The minimum Gasteiger partial charge on any atom is -0.461 e. The van der Waals surface area contributed by atoms with Gasteiger partial charge in [-0.2, -0.15) is 0 Å². The molecule has 0 aliphatic rings. The van der Waals surface area contributed by atoms with Gasteiger partial charge in [0.05, 0.1) is 6.54 Å². The summed E-state index contributed by atoms with van der Waals surface area (Å²) in [4.78, 5) is 38.3. The molecular weight excluding hydrogens is 564 g/mol. The summed E-state index contributed by atoms with van der Waals surface area (Å²) >= 11 is 1.61. The Bertz CT molecular complexity index is 1820. The van der Waals surface area contributed by atoms with Gasteiger partial charge >= 0.3 is 18.2 Å². The number of hydrogen-bond acceptors (Lipinski definition) is 7. The highest BCUT2D eigenvalue weighted by atomic mass is 32.2. The lowest BCUT2D eigenvalue weighted by atomic mass is 9.92. The van der Waals surface area contributed by atoms with Gasteiger partial charge in [0.25, 0.3) is 0 Å². The summed E-state index contributed by atoms with van der Waals surface area (Å²) in [5.74, 6) is -0.0417. The molecule has 0 heterocycles. The van der Waals surface area contributed by atoms with E-state index in [1.165, 1.54) is 0 Å². The molecule has 5 aromatic carbocycles. The number of carbonyl (C=O) groups excluding carboxylic acids is 3. The van der Waals surface area contributed by atoms with Gasteiger partial charge in [0.2, 0.25) is 0 Å². The van der Waals surface area contributed by atoms with E-state index in [9.17, 15) is 14.4 Å². The first kappa shape index (κ1) is 29.2. The molecule has 8 nitrogen and oxygen atoms in total. The van der Waals surface area contributed by atoms with E-state index in [4.69, 9.17) is 14.2 Å². The molecule has 43 heavy (non-hydrogen) atoms. The van der Waals surface area contributed by atoms with Crippen LogP contribution in [0.5, 0.6) is 11.5 Å². The first-order chi connectivity index (χ1) is 21.0. The molecule has 5 rings (SSSR count). The van der Waals surface area contributed by atoms with Crippen LogP contribution in [0.3, 0.4) is 0 Å². The van der Waals surface area contributed by atoms with Crippen LogP contribution in [0.25, 0.3) is 32.7 Å². The van der Waals surface area contributed by atoms with Crippen LogP contribution in [0.1, 0.15) is 0 Å². The zero-order valence-electron chi connectivity index (χ0n) is 23.3. The molecule has 216 valence electrons. The highest BCUT2D eigenvalue weighted by Gasteiger charge is 2.22. The van der Waals surface area contributed by atoms with Crippen molar-refractivity contribution in [2.75, 3.05) is 24.7 Å². The van der Waals surface area contributed by atoms with Crippen molar-refractivity contribution < 1.29 is 28.6 Å². The molecule has 0 unspecified atom stereocenters. The van der Waals surface area contributed by atoms with E-state index in [-0.39, 0.29) is 24.7 Å². The van der Waals surface area contributed by atoms with E-state index in [2.05, 4.69) is 17.2 Å². The molecule has 0 aliphatic heterocycles. The van der Waals surface area contributed by atoms with Crippen LogP contribution >= 0.6 is 11.8 Å². The summed E-state index contributed by atoms with van der Waals surface area (Å²) in [7, 11) is 0. The van der Waals surface area contributed by atoms with Gasteiger partial charge in [0.15, 0.2) is 0 Å². The van der Waals surface area contributed by atoms with Gasteiger partial charge in [-0.3, -0.25) is 5.32 Å². The van der Waals surface area contributed by atoms with E-state index in [0.29, 0.717) is 16.8 Å². The van der Waals surface area contributed by atoms with Crippen LogP contribution in [0, 0.1) is 0 Å². The number of ether oxygens (including phenoxy) is 3. The Labute approximate surface area is 252 Å². The molecule has 0 radical (unpaired) electrons. The maximum absolute atomic E-state index is 13.1. The lowest BCUT2D eigenvalue weighted by Gasteiger charge is -2.19. The summed E-state index contributed by atoms with van der Waals surface area (Å²) in [5, 5.41) is 8.78. The second-order valence-corrected chi connectivity index (χ2v) is 10.1. The number of nitrogens with one attached hydrogen (secondary N) is 2. The van der Waals surface area contributed by atoms with Crippen molar-refractivity contribution in [3.05, 3.63) is 110 Å². The molecule has 2 N–H and O–H groups in total. The number of benzene rings is 5. The first-order valence-corrected chi connectivity index (χ1v) is 14.6. The fraction of sp³-hybridized carbons (Fsp3) is 0.0882. The maximum Gasteiger partial charge on any atom is 0.417 e. The second kappa shape index (κ2) is 13.6. The number of esters is 1. The van der Waals surface area contributed by atoms with Gasteiger partial charge in [-0.15, -0.1) is 11.8 Å². The largest absolute Gasteiger partial charge is 0.461 e. The number of hydrogen-bond donors (Lipinski definition) is 2. The summed E-state index contributed by atoms with van der Waals surface area (Å²) in [5.41, 5.74) is 1.76. The molecule has 0 aliphatic carbocycles. The Balaban J connectivity index is 1.53. The molecule has 5 aromatic rings. The molecule has 2 amide bonds. The van der Waals surface area contributed by atoms with E-state index in [1.807, 2.05) is 91.2 Å². The molecule has 0 bridgehead atoms. The average Bonchev–Trinajstić information content (AvgIpc) is 3.03. The Morgan fingerprint density at radius 2 is 1.30 bits per heavy atom. The van der Waals surface area contributed by atoms with Crippen LogP contribution in [-0.4, -0.2) is 37.6 Å². The average molecular weight is 593 g/mol. The molecular formula is C34H28N2O6S. The Morgan fingerprint density at radius 1 is 0.744 bits per heavy atom. The SMILES string of the molecule is C=CC(=O)OCCNC(=O)Oc1ccc2ccccc2c1-c1c(OC(=O)Nc2ccc(SC)cc2)ccc2ccccc12. The quantitative estimate of drug-likeness (QED) is 0.0779. The van der Waals surface area contributed by atoms with Gasteiger partial charge in [-0.1, -0.05) is 67.2 Å². The van der Waals surface area contributed by atoms with Gasteiger partial charge in [0.1, 0.15) is 18.1 Å². The summed E-state index contributed by atoms with van der Waals surface area (Å²) in [6.45, 7) is 3.35. The van der Waals surface area contributed by atoms with Crippen molar-refractivity contribution in [1.29, 1.82) is 0 Å². The minimum absolute atomic E-state index is 0.0407. The third-order valence-electron chi connectivity index (χ3n) is 6.56. The lowest BCUT2D eigenvalue weighted by Crippen LogP contribution is -2.30. The fourth-order valence-electron chi connectivity index (χ4n) is 4.61. The lowest BCUT2D eigenvalue weighted by molar-refractivity contribution is -0.137. The zero-order valence-corrected chi connectivity index (χ0v) is 24.1. The smallest absolute Gasteiger partial charge is 0.417 e. The van der Waals surface area contributed by atoms with Crippen LogP contribution in [-0.2, 0) is 9.53 Å². The Morgan fingerprint density at radius 3 is 1.86 bits per heavy atom. The first-order valence-electron chi connectivity index (χ1n) is 13.4. The van der Waals surface area contributed by atoms with Crippen LogP contribution in [0.15, 0.2) is 115 Å². The van der Waals surface area contributed by atoms with Crippen molar-refractivity contribution >= 4 is 57.1 Å². The van der Waals surface area contributed by atoms with Crippen molar-refractivity contribution in [2.45, 2.75) is 4.90 Å². The molecule has 0 saturated carbocycles. The molecule has 0 aromatic heterocycles. The van der Waals surface area contributed by atoms with E-state index >= 15 is 0 Å². The van der Waals surface area contributed by atoms with Gasteiger partial charge in [-0.05, 0) is 64.2 Å². The predicted octanol–water partition coefficient (Wildman–Crippen LogP) is 7.81. The number of amides is 2.